The zero-order chi connectivity index (χ0) is 14.5. The quantitative estimate of drug-likeness (QED) is 0.620. The fourth-order valence-corrected chi connectivity index (χ4v) is 1.76. The second-order valence-corrected chi connectivity index (χ2v) is 4.36. The second-order valence-electron chi connectivity index (χ2n) is 4.36. The standard InChI is InChI=1S/C15H13N3O2/c1-18(2)6-5-13(12(8-16)9-17)11-3-4-14-15(7-11)20-10-19-14/h3-7H,10H2,1-2H3. The van der Waals surface area contributed by atoms with Crippen LogP contribution in [0.4, 0.5) is 0 Å². The smallest absolute Gasteiger partial charge is 0.231 e. The highest BCUT2D eigenvalue weighted by atomic mass is 16.7. The van der Waals surface area contributed by atoms with Crippen molar-refractivity contribution in [2.24, 2.45) is 0 Å². The third-order valence-corrected chi connectivity index (χ3v) is 2.72. The topological polar surface area (TPSA) is 69.3 Å². The molecule has 0 fully saturated rings. The van der Waals surface area contributed by atoms with Crippen LogP contribution in [0.5, 0.6) is 11.5 Å². The molecule has 20 heavy (non-hydrogen) atoms. The fraction of sp³-hybridized carbons (Fsp3) is 0.200. The summed E-state index contributed by atoms with van der Waals surface area (Å²) in [5.74, 6) is 1.29. The SMILES string of the molecule is CN(C)C=CC(=C(C#N)C#N)c1ccc2c(c1)OCO2. The van der Waals surface area contributed by atoms with Crippen molar-refractivity contribution in [3.63, 3.8) is 0 Å². The van der Waals surface area contributed by atoms with Crippen LogP contribution < -0.4 is 9.47 Å². The molecule has 0 bridgehead atoms. The van der Waals surface area contributed by atoms with Gasteiger partial charge in [0.15, 0.2) is 11.5 Å². The van der Waals surface area contributed by atoms with Crippen LogP contribution in [0, 0.1) is 22.7 Å². The molecule has 1 aromatic carbocycles. The van der Waals surface area contributed by atoms with Gasteiger partial charge in [0.25, 0.3) is 0 Å². The molecule has 0 saturated carbocycles. The lowest BCUT2D eigenvalue weighted by molar-refractivity contribution is 0.174. The van der Waals surface area contributed by atoms with Gasteiger partial charge in [0.2, 0.25) is 6.79 Å². The Hall–Kier alpha value is -2.92. The van der Waals surface area contributed by atoms with Crippen LogP contribution in [0.3, 0.4) is 0 Å². The van der Waals surface area contributed by atoms with E-state index in [1.54, 1.807) is 30.5 Å². The van der Waals surface area contributed by atoms with Gasteiger partial charge in [-0.2, -0.15) is 10.5 Å². The largest absolute Gasteiger partial charge is 0.454 e. The van der Waals surface area contributed by atoms with Crippen molar-refractivity contribution in [3.05, 3.63) is 41.6 Å². The highest BCUT2D eigenvalue weighted by molar-refractivity contribution is 5.82. The monoisotopic (exact) mass is 267 g/mol. The molecule has 5 heteroatoms. The van der Waals surface area contributed by atoms with Gasteiger partial charge in [-0.1, -0.05) is 6.07 Å². The van der Waals surface area contributed by atoms with Gasteiger partial charge in [0.1, 0.15) is 17.7 Å². The fourth-order valence-electron chi connectivity index (χ4n) is 1.76. The summed E-state index contributed by atoms with van der Waals surface area (Å²) >= 11 is 0. The molecule has 0 unspecified atom stereocenters. The van der Waals surface area contributed by atoms with Crippen LogP contribution >= 0.6 is 0 Å². The number of ether oxygens (including phenoxy) is 2. The number of fused-ring (bicyclic) bond motifs is 1. The zero-order valence-corrected chi connectivity index (χ0v) is 11.3. The molecule has 0 spiro atoms. The van der Waals surface area contributed by atoms with Crippen LogP contribution in [-0.2, 0) is 0 Å². The van der Waals surface area contributed by atoms with Crippen molar-refractivity contribution in [3.8, 4) is 23.6 Å². The minimum Gasteiger partial charge on any atom is -0.454 e. The number of hydrogen-bond donors (Lipinski definition) is 0. The molecule has 1 aromatic rings. The van der Waals surface area contributed by atoms with E-state index in [9.17, 15) is 0 Å². The Kier molecular flexibility index (Phi) is 3.93. The summed E-state index contributed by atoms with van der Waals surface area (Å²) in [6.07, 6.45) is 3.52. The van der Waals surface area contributed by atoms with Crippen molar-refractivity contribution in [2.75, 3.05) is 20.9 Å². The van der Waals surface area contributed by atoms with E-state index in [0.717, 1.165) is 5.56 Å². The van der Waals surface area contributed by atoms with Gasteiger partial charge >= 0.3 is 0 Å². The summed E-state index contributed by atoms with van der Waals surface area (Å²) in [4.78, 5) is 1.83. The lowest BCUT2D eigenvalue weighted by atomic mass is 10.0. The van der Waals surface area contributed by atoms with Crippen molar-refractivity contribution >= 4 is 5.57 Å². The van der Waals surface area contributed by atoms with Gasteiger partial charge < -0.3 is 14.4 Å². The molecule has 1 aliphatic rings. The molecular weight excluding hydrogens is 254 g/mol. The van der Waals surface area contributed by atoms with Gasteiger partial charge in [0.05, 0.1) is 0 Å². The van der Waals surface area contributed by atoms with Crippen LogP contribution in [0.25, 0.3) is 5.57 Å². The normalized spacial score (nSPS) is 11.8. The molecule has 1 aliphatic heterocycles. The van der Waals surface area contributed by atoms with Crippen molar-refractivity contribution in [1.29, 1.82) is 10.5 Å². The molecule has 0 radical (unpaired) electrons. The molecule has 100 valence electrons. The minimum absolute atomic E-state index is 0.0574. The second kappa shape index (κ2) is 5.81. The third kappa shape index (κ3) is 2.73. The minimum atomic E-state index is 0.0574. The summed E-state index contributed by atoms with van der Waals surface area (Å²) in [5, 5.41) is 18.2. The molecule has 1 heterocycles. The van der Waals surface area contributed by atoms with E-state index >= 15 is 0 Å². The van der Waals surface area contributed by atoms with Crippen LogP contribution in [0.1, 0.15) is 5.56 Å². The predicted octanol–water partition coefficient (Wildman–Crippen LogP) is 2.29. The van der Waals surface area contributed by atoms with Crippen LogP contribution in [0.15, 0.2) is 36.0 Å². The first-order chi connectivity index (χ1) is 9.65. The lowest BCUT2D eigenvalue weighted by Gasteiger charge is -2.07. The van der Waals surface area contributed by atoms with E-state index in [4.69, 9.17) is 20.0 Å². The average Bonchev–Trinajstić information content (AvgIpc) is 2.90. The van der Waals surface area contributed by atoms with Gasteiger partial charge in [-0.05, 0) is 30.0 Å². The Balaban J connectivity index is 2.50. The highest BCUT2D eigenvalue weighted by Crippen LogP contribution is 2.35. The molecule has 0 amide bonds. The maximum Gasteiger partial charge on any atom is 0.231 e. The molecular formula is C15H13N3O2. The Morgan fingerprint density at radius 2 is 1.90 bits per heavy atom. The molecule has 0 aliphatic carbocycles. The number of rotatable bonds is 3. The Morgan fingerprint density at radius 3 is 2.55 bits per heavy atom. The van der Waals surface area contributed by atoms with Crippen molar-refractivity contribution < 1.29 is 9.47 Å². The van der Waals surface area contributed by atoms with E-state index in [0.29, 0.717) is 17.1 Å². The molecule has 0 aromatic heterocycles. The van der Waals surface area contributed by atoms with E-state index < -0.39 is 0 Å². The van der Waals surface area contributed by atoms with E-state index in [1.807, 2.05) is 31.1 Å². The predicted molar refractivity (Wildman–Crippen MR) is 73.5 cm³/mol. The average molecular weight is 267 g/mol. The van der Waals surface area contributed by atoms with E-state index in [1.165, 1.54) is 0 Å². The van der Waals surface area contributed by atoms with E-state index in [2.05, 4.69) is 0 Å². The summed E-state index contributed by atoms with van der Waals surface area (Å²) in [6, 6.07) is 9.18. The highest BCUT2D eigenvalue weighted by Gasteiger charge is 2.15. The number of allylic oxidation sites excluding steroid dienone is 3. The van der Waals surface area contributed by atoms with Crippen LogP contribution in [0.2, 0.25) is 0 Å². The molecule has 0 atom stereocenters. The molecule has 2 rings (SSSR count). The van der Waals surface area contributed by atoms with Gasteiger partial charge in [0, 0.05) is 19.7 Å². The maximum absolute atomic E-state index is 9.08. The molecule has 0 saturated heterocycles. The first-order valence-corrected chi connectivity index (χ1v) is 5.95. The number of hydrogen-bond acceptors (Lipinski definition) is 5. The number of nitriles is 2. The lowest BCUT2D eigenvalue weighted by Crippen LogP contribution is -2.00. The summed E-state index contributed by atoms with van der Waals surface area (Å²) in [7, 11) is 3.73. The van der Waals surface area contributed by atoms with Crippen LogP contribution in [-0.4, -0.2) is 25.8 Å². The number of nitrogens with zero attached hydrogens (tertiary/aromatic N) is 3. The van der Waals surface area contributed by atoms with Crippen molar-refractivity contribution in [1.82, 2.24) is 4.90 Å². The Bertz CT molecular complexity index is 645. The van der Waals surface area contributed by atoms with E-state index in [-0.39, 0.29) is 12.4 Å². The van der Waals surface area contributed by atoms with Gasteiger partial charge in [-0.25, -0.2) is 0 Å². The zero-order valence-electron chi connectivity index (χ0n) is 11.3. The third-order valence-electron chi connectivity index (χ3n) is 2.72. The Labute approximate surface area is 117 Å². The van der Waals surface area contributed by atoms with Gasteiger partial charge in [-0.15, -0.1) is 0 Å². The molecule has 5 nitrogen and oxygen atoms in total. The Morgan fingerprint density at radius 1 is 1.20 bits per heavy atom. The summed E-state index contributed by atoms with van der Waals surface area (Å²) in [6.45, 7) is 0.189. The number of benzene rings is 1. The summed E-state index contributed by atoms with van der Waals surface area (Å²) < 4.78 is 10.6. The molecule has 0 N–H and O–H groups in total. The first-order valence-electron chi connectivity index (χ1n) is 5.95. The summed E-state index contributed by atoms with van der Waals surface area (Å²) in [5.41, 5.74) is 1.36. The first kappa shape index (κ1) is 13.5. The van der Waals surface area contributed by atoms with Crippen molar-refractivity contribution in [2.45, 2.75) is 0 Å². The van der Waals surface area contributed by atoms with Gasteiger partial charge in [-0.3, -0.25) is 0 Å². The maximum atomic E-state index is 9.08.